The average Bonchev–Trinajstić information content (AvgIpc) is 3.11. The van der Waals surface area contributed by atoms with Crippen LogP contribution in [0.5, 0.6) is 0 Å². The second kappa shape index (κ2) is 7.83. The van der Waals surface area contributed by atoms with Crippen LogP contribution in [0.2, 0.25) is 0 Å². The molecular formula is C23H19FN7O2+. The molecule has 0 atom stereocenters. The molecule has 0 saturated carbocycles. The molecule has 0 spiro atoms. The Labute approximate surface area is 186 Å². The van der Waals surface area contributed by atoms with Gasteiger partial charge in [-0.15, -0.1) is 9.50 Å². The molecule has 0 fully saturated rings. The normalized spacial score (nSPS) is 11.2. The van der Waals surface area contributed by atoms with Crippen molar-refractivity contribution in [1.29, 1.82) is 0 Å². The van der Waals surface area contributed by atoms with E-state index >= 15 is 0 Å². The number of halogens is 1. The third-order valence-corrected chi connectivity index (χ3v) is 5.24. The Morgan fingerprint density at radius 3 is 2.58 bits per heavy atom. The third kappa shape index (κ3) is 3.67. The number of H-pyrrole nitrogens is 2. The molecule has 33 heavy (non-hydrogen) atoms. The molecule has 10 heteroatoms. The molecule has 5 rings (SSSR count). The number of rotatable bonds is 4. The molecule has 0 radical (unpaired) electrons. The number of aryl methyl sites for hydroxylation is 1. The van der Waals surface area contributed by atoms with Gasteiger partial charge in [-0.05, 0) is 30.7 Å². The van der Waals surface area contributed by atoms with E-state index in [0.717, 1.165) is 11.8 Å². The third-order valence-electron chi connectivity index (χ3n) is 5.24. The Bertz CT molecular complexity index is 1600. The molecule has 0 aliphatic carbocycles. The lowest BCUT2D eigenvalue weighted by molar-refractivity contribution is -0.351. The van der Waals surface area contributed by atoms with E-state index in [-0.39, 0.29) is 23.7 Å². The van der Waals surface area contributed by atoms with Gasteiger partial charge in [0, 0.05) is 17.3 Å². The summed E-state index contributed by atoms with van der Waals surface area (Å²) in [6, 6.07) is 15.4. The Morgan fingerprint density at radius 1 is 1.09 bits per heavy atom. The van der Waals surface area contributed by atoms with E-state index in [1.54, 1.807) is 13.0 Å². The molecule has 0 amide bonds. The van der Waals surface area contributed by atoms with Gasteiger partial charge in [-0.1, -0.05) is 30.3 Å². The van der Waals surface area contributed by atoms with Crippen molar-refractivity contribution in [2.75, 3.05) is 5.73 Å². The predicted molar refractivity (Wildman–Crippen MR) is 120 cm³/mol. The van der Waals surface area contributed by atoms with Crippen molar-refractivity contribution >= 4 is 11.6 Å². The maximum atomic E-state index is 13.2. The maximum Gasteiger partial charge on any atom is 0.411 e. The highest BCUT2D eigenvalue weighted by Gasteiger charge is 2.26. The predicted octanol–water partition coefficient (Wildman–Crippen LogP) is 1.81. The van der Waals surface area contributed by atoms with Gasteiger partial charge in [-0.2, -0.15) is 4.68 Å². The first kappa shape index (κ1) is 20.3. The van der Waals surface area contributed by atoms with Crippen molar-refractivity contribution in [3.8, 4) is 22.4 Å². The second-order valence-corrected chi connectivity index (χ2v) is 7.61. The Morgan fingerprint density at radius 2 is 1.88 bits per heavy atom. The van der Waals surface area contributed by atoms with E-state index in [0.29, 0.717) is 28.2 Å². The fourth-order valence-corrected chi connectivity index (χ4v) is 3.82. The van der Waals surface area contributed by atoms with E-state index in [2.05, 4.69) is 20.1 Å². The lowest BCUT2D eigenvalue weighted by atomic mass is 10.0. The highest BCUT2D eigenvalue weighted by Crippen LogP contribution is 2.31. The number of hydrogen-bond donors (Lipinski definition) is 2. The first-order chi connectivity index (χ1) is 15.9. The fraction of sp³-hybridized carbons (Fsp3) is 0.0870. The molecule has 9 nitrogen and oxygen atoms in total. The first-order valence-electron chi connectivity index (χ1n) is 10.1. The summed E-state index contributed by atoms with van der Waals surface area (Å²) in [4.78, 5) is 35.3. The largest absolute Gasteiger partial charge is 0.411 e. The van der Waals surface area contributed by atoms with Gasteiger partial charge in [-0.25, -0.2) is 14.2 Å². The van der Waals surface area contributed by atoms with Crippen LogP contribution in [0.25, 0.3) is 28.0 Å². The number of aromatic nitrogens is 6. The van der Waals surface area contributed by atoms with E-state index in [4.69, 9.17) is 5.73 Å². The lowest BCUT2D eigenvalue weighted by Crippen LogP contribution is -2.28. The summed E-state index contributed by atoms with van der Waals surface area (Å²) < 4.78 is 15.7. The molecule has 4 N–H and O–H groups in total. The van der Waals surface area contributed by atoms with Gasteiger partial charge in [0.15, 0.2) is 0 Å². The summed E-state index contributed by atoms with van der Waals surface area (Å²) >= 11 is 0. The van der Waals surface area contributed by atoms with E-state index in [1.165, 1.54) is 27.3 Å². The number of fused-ring (bicyclic) bond motifs is 1. The molecule has 0 aliphatic rings. The monoisotopic (exact) mass is 444 g/mol. The van der Waals surface area contributed by atoms with E-state index < -0.39 is 11.5 Å². The van der Waals surface area contributed by atoms with Crippen LogP contribution in [0.4, 0.5) is 10.3 Å². The number of nitrogen functional groups attached to an aromatic ring is 1. The molecule has 0 bridgehead atoms. The van der Waals surface area contributed by atoms with Crippen LogP contribution in [0.1, 0.15) is 11.4 Å². The van der Waals surface area contributed by atoms with Gasteiger partial charge >= 0.3 is 11.6 Å². The Kier molecular flexibility index (Phi) is 4.82. The van der Waals surface area contributed by atoms with Crippen molar-refractivity contribution in [2.45, 2.75) is 13.5 Å². The molecule has 0 aliphatic heterocycles. The van der Waals surface area contributed by atoms with Gasteiger partial charge in [-0.3, -0.25) is 15.5 Å². The summed E-state index contributed by atoms with van der Waals surface area (Å²) in [6.45, 7) is 1.80. The Hall–Kier alpha value is -4.60. The molecule has 1 aromatic carbocycles. The van der Waals surface area contributed by atoms with Crippen molar-refractivity contribution in [1.82, 2.24) is 24.1 Å². The zero-order valence-electron chi connectivity index (χ0n) is 17.5. The number of pyridine rings is 2. The highest BCUT2D eigenvalue weighted by molar-refractivity contribution is 5.88. The van der Waals surface area contributed by atoms with Crippen LogP contribution in [0, 0.1) is 12.7 Å². The Balaban J connectivity index is 1.82. The zero-order chi connectivity index (χ0) is 23.1. The standard InChI is InChI=1S/C23H18FN7O2/c1-13-9-15(10-18(32)27-13)19-20(14-5-3-2-4-6-14)28-22(25)31-21(19)29-30(23(31)33)12-17-8-7-16(24)11-26-17/h2-11H,12H2,1H3,(H2,25,28)(H,27,32)/p+1. The number of benzene rings is 1. The molecule has 5 aromatic rings. The number of nitrogens with zero attached hydrogens (tertiary/aromatic N) is 4. The molecule has 0 saturated heterocycles. The van der Waals surface area contributed by atoms with E-state index in [9.17, 15) is 14.0 Å². The van der Waals surface area contributed by atoms with Crippen LogP contribution >= 0.6 is 0 Å². The van der Waals surface area contributed by atoms with Crippen molar-refractivity contribution < 1.29 is 9.37 Å². The van der Waals surface area contributed by atoms with Gasteiger partial charge in [0.05, 0.1) is 24.0 Å². The second-order valence-electron chi connectivity index (χ2n) is 7.61. The minimum absolute atomic E-state index is 0.0226. The molecule has 0 unspecified atom stereocenters. The number of nitrogens with two attached hydrogens (primary N) is 1. The zero-order valence-corrected chi connectivity index (χ0v) is 17.5. The number of hydrogen-bond acceptors (Lipinski definition) is 5. The molecular weight excluding hydrogens is 425 g/mol. The quantitative estimate of drug-likeness (QED) is 0.437. The lowest BCUT2D eigenvalue weighted by Gasteiger charge is -2.09. The molecule has 4 aromatic heterocycles. The van der Waals surface area contributed by atoms with Gasteiger partial charge in [0.25, 0.3) is 0 Å². The minimum Gasteiger partial charge on any atom is -0.326 e. The smallest absolute Gasteiger partial charge is 0.326 e. The molecule has 164 valence electrons. The summed E-state index contributed by atoms with van der Waals surface area (Å²) in [5.74, 6) is -0.392. The van der Waals surface area contributed by atoms with Gasteiger partial charge < -0.3 is 4.98 Å². The number of aromatic amines is 2. The number of anilines is 1. The van der Waals surface area contributed by atoms with Crippen molar-refractivity contribution in [3.05, 3.63) is 98.8 Å². The van der Waals surface area contributed by atoms with Gasteiger partial charge in [0.1, 0.15) is 11.5 Å². The summed E-state index contributed by atoms with van der Waals surface area (Å²) in [5, 5.41) is 4.53. The SMILES string of the molecule is Cc1cc(-c2c(-c3ccccc3)[nH+]c(N)n3c(=O)n(Cc4ccc(F)cn4)nc23)cc(=O)[nH]1. The minimum atomic E-state index is -0.493. The average molecular weight is 444 g/mol. The summed E-state index contributed by atoms with van der Waals surface area (Å²) in [6.07, 6.45) is 1.08. The van der Waals surface area contributed by atoms with Crippen LogP contribution in [0.3, 0.4) is 0 Å². The topological polar surface area (TPSA) is 125 Å². The van der Waals surface area contributed by atoms with Crippen molar-refractivity contribution in [3.63, 3.8) is 0 Å². The van der Waals surface area contributed by atoms with Crippen LogP contribution in [-0.2, 0) is 6.54 Å². The summed E-state index contributed by atoms with van der Waals surface area (Å²) in [5.41, 5.74) is 9.42. The van der Waals surface area contributed by atoms with Crippen LogP contribution in [-0.4, -0.2) is 24.1 Å². The highest BCUT2D eigenvalue weighted by atomic mass is 19.1. The first-order valence-corrected chi connectivity index (χ1v) is 10.1. The number of nitrogens with one attached hydrogen (secondary N) is 2. The maximum absolute atomic E-state index is 13.2. The summed E-state index contributed by atoms with van der Waals surface area (Å²) in [7, 11) is 0. The van der Waals surface area contributed by atoms with Crippen molar-refractivity contribution in [2.24, 2.45) is 0 Å². The van der Waals surface area contributed by atoms with Crippen LogP contribution in [0.15, 0.2) is 70.4 Å². The molecule has 4 heterocycles. The van der Waals surface area contributed by atoms with Crippen LogP contribution < -0.4 is 22.0 Å². The van der Waals surface area contributed by atoms with Gasteiger partial charge in [0.2, 0.25) is 11.2 Å². The fourth-order valence-electron chi connectivity index (χ4n) is 3.82. The van der Waals surface area contributed by atoms with E-state index in [1.807, 2.05) is 30.3 Å².